The maximum absolute atomic E-state index is 14.8. The fourth-order valence-electron chi connectivity index (χ4n) is 10.9. The highest BCUT2D eigenvalue weighted by atomic mass is 35.5. The molecule has 22 heteroatoms. The fourth-order valence-corrected chi connectivity index (χ4v) is 16.8. The van der Waals surface area contributed by atoms with Crippen molar-refractivity contribution in [2.75, 3.05) is 70.5 Å². The number of aromatic nitrogens is 4. The lowest BCUT2D eigenvalue weighted by Gasteiger charge is -2.45. The first-order chi connectivity index (χ1) is 34.8. The molecule has 12 nitrogen and oxygen atoms in total. The van der Waals surface area contributed by atoms with Gasteiger partial charge in [0.05, 0.1) is 45.2 Å². The van der Waals surface area contributed by atoms with Gasteiger partial charge in [-0.1, -0.05) is 36.4 Å². The van der Waals surface area contributed by atoms with Crippen LogP contribution in [0.2, 0.25) is 10.0 Å². The summed E-state index contributed by atoms with van der Waals surface area (Å²) in [4.78, 5) is 69.7. The van der Waals surface area contributed by atoms with Crippen molar-refractivity contribution in [3.8, 4) is 22.3 Å². The summed E-state index contributed by atoms with van der Waals surface area (Å²) >= 11 is 20.1. The van der Waals surface area contributed by atoms with Crippen molar-refractivity contribution in [1.82, 2.24) is 28.9 Å². The first-order valence-electron chi connectivity index (χ1n) is 23.0. The van der Waals surface area contributed by atoms with E-state index in [9.17, 15) is 36.7 Å². The molecule has 6 aliphatic rings. The highest BCUT2D eigenvalue weighted by Crippen LogP contribution is 2.49. The van der Waals surface area contributed by atoms with Crippen LogP contribution < -0.4 is 21.2 Å². The molecule has 0 unspecified atom stereocenters. The number of hydrogen-bond acceptors (Lipinski definition) is 12. The summed E-state index contributed by atoms with van der Waals surface area (Å²) in [5.74, 6) is 2.50. The molecule has 372 valence electrons. The topological polar surface area (TPSA) is 117 Å². The minimum Gasteiger partial charge on any atom is -0.348 e. The van der Waals surface area contributed by atoms with Crippen molar-refractivity contribution >= 4 is 116 Å². The van der Waals surface area contributed by atoms with E-state index in [2.05, 4.69) is 32.9 Å². The van der Waals surface area contributed by atoms with Gasteiger partial charge in [-0.25, -0.2) is 27.2 Å². The molecule has 0 saturated carbocycles. The summed E-state index contributed by atoms with van der Waals surface area (Å²) in [6, 6.07) is 10.3. The van der Waals surface area contributed by atoms with Crippen molar-refractivity contribution in [2.24, 2.45) is 0 Å². The van der Waals surface area contributed by atoms with Gasteiger partial charge in [-0.05, 0) is 48.6 Å². The van der Waals surface area contributed by atoms with Gasteiger partial charge >= 0.3 is 11.4 Å². The third kappa shape index (κ3) is 8.27. The number of amides is 2. The summed E-state index contributed by atoms with van der Waals surface area (Å²) < 4.78 is 60.2. The van der Waals surface area contributed by atoms with E-state index >= 15 is 0 Å². The van der Waals surface area contributed by atoms with Crippen LogP contribution in [0.15, 0.2) is 93.2 Å². The van der Waals surface area contributed by atoms with Crippen LogP contribution in [0.5, 0.6) is 0 Å². The number of anilines is 2. The number of benzene rings is 4. The van der Waals surface area contributed by atoms with Crippen molar-refractivity contribution in [3.05, 3.63) is 128 Å². The Morgan fingerprint density at radius 1 is 0.583 bits per heavy atom. The summed E-state index contributed by atoms with van der Waals surface area (Å²) in [5, 5.41) is 2.05. The molecule has 2 aromatic heterocycles. The van der Waals surface area contributed by atoms with Crippen LogP contribution in [-0.4, -0.2) is 126 Å². The third-order valence-corrected chi connectivity index (χ3v) is 19.1. The van der Waals surface area contributed by atoms with Gasteiger partial charge in [-0.3, -0.25) is 18.7 Å². The van der Waals surface area contributed by atoms with Gasteiger partial charge in [0.2, 0.25) is 11.8 Å². The first-order valence-corrected chi connectivity index (χ1v) is 28.1. The number of halogens is 6. The van der Waals surface area contributed by atoms with E-state index in [0.717, 1.165) is 35.1 Å². The fraction of sp³-hybridized carbons (Fsp3) is 0.320. The molecule has 0 aliphatic carbocycles. The summed E-state index contributed by atoms with van der Waals surface area (Å²) in [6.07, 6.45) is 2.69. The summed E-state index contributed by atoms with van der Waals surface area (Å²) in [7, 11) is 0. The zero-order chi connectivity index (χ0) is 50.3. The number of piperazine rings is 2. The average Bonchev–Trinajstić information content (AvgIpc) is 4.08. The van der Waals surface area contributed by atoms with Gasteiger partial charge in [-0.2, -0.15) is 33.5 Å². The van der Waals surface area contributed by atoms with Gasteiger partial charge in [0, 0.05) is 129 Å². The molecular weight excluding hydrogens is 1050 g/mol. The largest absolute Gasteiger partial charge is 0.350 e. The second kappa shape index (κ2) is 19.6. The minimum absolute atomic E-state index is 0.00867. The van der Waals surface area contributed by atoms with E-state index in [1.807, 2.05) is 9.80 Å². The molecule has 0 radical (unpaired) electrons. The van der Waals surface area contributed by atoms with E-state index in [-0.39, 0.29) is 58.5 Å². The Morgan fingerprint density at radius 3 is 1.38 bits per heavy atom. The average molecular weight is 1090 g/mol. The van der Waals surface area contributed by atoms with E-state index in [4.69, 9.17) is 23.2 Å². The summed E-state index contributed by atoms with van der Waals surface area (Å²) in [6.45, 7) is 10.2. The second-order valence-corrected chi connectivity index (χ2v) is 23.0. The van der Waals surface area contributed by atoms with Gasteiger partial charge in [-0.15, -0.1) is 23.5 Å². The van der Waals surface area contributed by atoms with Gasteiger partial charge in [0.25, 0.3) is 0 Å². The number of aryl methyl sites for hydroxylation is 2. The second-order valence-electron chi connectivity index (χ2n) is 17.8. The molecule has 4 aromatic carbocycles. The molecule has 6 aliphatic heterocycles. The molecule has 4 saturated heterocycles. The maximum atomic E-state index is 14.8. The molecule has 2 amide bonds. The quantitative estimate of drug-likeness (QED) is 0.117. The maximum Gasteiger partial charge on any atom is 0.350 e. The molecule has 0 N–H and O–H groups in total. The lowest BCUT2D eigenvalue weighted by molar-refractivity contribution is -0.129. The normalized spacial score (nSPS) is 21.1. The molecule has 6 aromatic rings. The Morgan fingerprint density at radius 2 is 0.986 bits per heavy atom. The van der Waals surface area contributed by atoms with E-state index in [1.165, 1.54) is 59.9 Å². The number of carbonyl (C=O) groups is 2. The lowest BCUT2D eigenvalue weighted by atomic mass is 10.0. The van der Waals surface area contributed by atoms with Gasteiger partial charge in [0.1, 0.15) is 34.9 Å². The van der Waals surface area contributed by atoms with E-state index in [1.54, 1.807) is 44.8 Å². The van der Waals surface area contributed by atoms with Crippen LogP contribution in [0.3, 0.4) is 0 Å². The number of rotatable bonds is 6. The van der Waals surface area contributed by atoms with Crippen molar-refractivity contribution in [1.29, 1.82) is 0 Å². The molecule has 8 heterocycles. The lowest BCUT2D eigenvalue weighted by Crippen LogP contribution is -2.61. The third-order valence-electron chi connectivity index (χ3n) is 14.1. The highest BCUT2D eigenvalue weighted by molar-refractivity contribution is 8.00. The molecule has 0 spiro atoms. The van der Waals surface area contributed by atoms with Crippen LogP contribution >= 0.6 is 70.2 Å². The highest BCUT2D eigenvalue weighted by Gasteiger charge is 2.45. The van der Waals surface area contributed by atoms with E-state index < -0.39 is 23.3 Å². The number of thioether (sulfide) groups is 4. The van der Waals surface area contributed by atoms with Crippen molar-refractivity contribution in [2.45, 2.75) is 47.0 Å². The van der Waals surface area contributed by atoms with Crippen LogP contribution in [0.4, 0.5) is 29.2 Å². The summed E-state index contributed by atoms with van der Waals surface area (Å²) in [5.41, 5.74) is 1.85. The van der Waals surface area contributed by atoms with Crippen LogP contribution in [0, 0.1) is 23.3 Å². The number of hydrogen-bond donors (Lipinski definition) is 0. The standard InChI is InChI=1S/2C25H21ClF2N4O2S2/c2*1-2-20(33)30-5-6-31(19-12-35-11-18(19)30)24-15-10-16(26)21(14-4-3-13(27)9-17(14)28)23-22(15)32(7-8-36-23)25(34)29-24/h2*2-4,9-10,18-19H,1,5-8,11-12H2/t2*18-,19+/m10/s1. The Labute approximate surface area is 436 Å². The van der Waals surface area contributed by atoms with Crippen molar-refractivity contribution in [3.63, 3.8) is 0 Å². The van der Waals surface area contributed by atoms with Gasteiger partial charge < -0.3 is 19.6 Å². The Bertz CT molecular complexity index is 3220. The Kier molecular flexibility index (Phi) is 13.4. The molecule has 72 heavy (non-hydrogen) atoms. The van der Waals surface area contributed by atoms with Crippen LogP contribution in [-0.2, 0) is 22.7 Å². The molecule has 12 rings (SSSR count). The van der Waals surface area contributed by atoms with Gasteiger partial charge in [0.15, 0.2) is 0 Å². The molecule has 0 bridgehead atoms. The molecule has 4 atom stereocenters. The zero-order valence-electron chi connectivity index (χ0n) is 38.1. The first kappa shape index (κ1) is 49.1. The smallest absolute Gasteiger partial charge is 0.348 e. The molecular formula is C50H42Cl2F4N8O4S4. The monoisotopic (exact) mass is 1090 g/mol. The predicted molar refractivity (Wildman–Crippen MR) is 282 cm³/mol. The zero-order valence-corrected chi connectivity index (χ0v) is 42.9. The number of carbonyl (C=O) groups excluding carboxylic acids is 2. The Hall–Kier alpha value is -5.12. The predicted octanol–water partition coefficient (Wildman–Crippen LogP) is 8.84. The van der Waals surface area contributed by atoms with E-state index in [0.29, 0.717) is 115 Å². The van der Waals surface area contributed by atoms with Crippen LogP contribution in [0.25, 0.3) is 44.1 Å². The number of nitrogens with zero attached hydrogens (tertiary/aromatic N) is 8. The van der Waals surface area contributed by atoms with Crippen molar-refractivity contribution < 1.29 is 27.2 Å². The minimum atomic E-state index is -0.712. The molecule has 4 fully saturated rings. The number of fused-ring (bicyclic) bond motifs is 2. The SMILES string of the molecule is C=CC(=O)N1CCN(c2nc(=O)n3c4c(c(-c5ccc(F)cc5F)c(Cl)cc24)SCC3)[C@@H]2CSC[C@@H]21.C=CC(=O)N1CCN(c2nc(=O)n3c4c(c(-c5ccc(F)cc5F)c(Cl)cc24)SCC3)[C@H]2CSC[C@H]21. The Balaban J connectivity index is 0.000000156. The van der Waals surface area contributed by atoms with Crippen LogP contribution in [0.1, 0.15) is 0 Å².